The Morgan fingerprint density at radius 1 is 1.07 bits per heavy atom. The summed E-state index contributed by atoms with van der Waals surface area (Å²) in [5.41, 5.74) is 2.94. The molecule has 2 aromatic carbocycles. The van der Waals surface area contributed by atoms with Crippen molar-refractivity contribution >= 4 is 23.1 Å². The van der Waals surface area contributed by atoms with Crippen molar-refractivity contribution in [2.24, 2.45) is 0 Å². The van der Waals surface area contributed by atoms with E-state index in [1.165, 1.54) is 11.3 Å². The number of nitrogens with zero attached hydrogens (tertiary/aromatic N) is 3. The van der Waals surface area contributed by atoms with Crippen LogP contribution < -0.4 is 5.32 Å². The van der Waals surface area contributed by atoms with E-state index < -0.39 is 0 Å². The van der Waals surface area contributed by atoms with Gasteiger partial charge in [-0.1, -0.05) is 60.7 Å². The van der Waals surface area contributed by atoms with Gasteiger partial charge >= 0.3 is 0 Å². The van der Waals surface area contributed by atoms with Gasteiger partial charge in [0.05, 0.1) is 18.3 Å². The second kappa shape index (κ2) is 7.55. The lowest BCUT2D eigenvalue weighted by molar-refractivity contribution is -0.115. The van der Waals surface area contributed by atoms with E-state index in [-0.39, 0.29) is 5.91 Å². The fourth-order valence-electron chi connectivity index (χ4n) is 2.85. The van der Waals surface area contributed by atoms with Crippen LogP contribution in [0.15, 0.2) is 72.2 Å². The molecule has 0 aliphatic carbocycles. The van der Waals surface area contributed by atoms with Gasteiger partial charge in [-0.2, -0.15) is 0 Å². The Hall–Kier alpha value is -3.25. The molecule has 0 saturated heterocycles. The summed E-state index contributed by atoms with van der Waals surface area (Å²) in [7, 11) is 0. The zero-order valence-electron chi connectivity index (χ0n) is 14.8. The van der Waals surface area contributed by atoms with Crippen LogP contribution >= 0.6 is 11.3 Å². The summed E-state index contributed by atoms with van der Waals surface area (Å²) in [5, 5.41) is 5.75. The SMILES string of the molecule is Cc1ncc(NC(=O)Cc2ccccc2)n1-c1nc(-c2ccccc2)cs1. The fourth-order valence-corrected chi connectivity index (χ4v) is 3.74. The first-order valence-electron chi connectivity index (χ1n) is 8.60. The number of hydrogen-bond acceptors (Lipinski definition) is 4. The number of amides is 1. The van der Waals surface area contributed by atoms with Crippen LogP contribution in [0.1, 0.15) is 11.4 Å². The largest absolute Gasteiger partial charge is 0.310 e. The van der Waals surface area contributed by atoms with E-state index in [4.69, 9.17) is 4.98 Å². The Bertz CT molecular complexity index is 1050. The minimum absolute atomic E-state index is 0.0813. The lowest BCUT2D eigenvalue weighted by Crippen LogP contribution is -2.17. The maximum absolute atomic E-state index is 12.4. The van der Waals surface area contributed by atoms with Crippen LogP contribution in [0.2, 0.25) is 0 Å². The maximum Gasteiger partial charge on any atom is 0.229 e. The summed E-state index contributed by atoms with van der Waals surface area (Å²) < 4.78 is 1.88. The standard InChI is InChI=1S/C21H18N4OS/c1-15-22-13-19(24-20(26)12-16-8-4-2-5-9-16)25(15)21-23-18(14-27-21)17-10-6-3-7-11-17/h2-11,13-14H,12H2,1H3,(H,24,26). The predicted molar refractivity (Wildman–Crippen MR) is 108 cm³/mol. The van der Waals surface area contributed by atoms with Crippen LogP contribution in [0.5, 0.6) is 0 Å². The highest BCUT2D eigenvalue weighted by Crippen LogP contribution is 2.27. The number of carbonyl (C=O) groups excluding carboxylic acids is 1. The minimum atomic E-state index is -0.0813. The topological polar surface area (TPSA) is 59.8 Å². The summed E-state index contributed by atoms with van der Waals surface area (Å²) >= 11 is 1.52. The normalized spacial score (nSPS) is 10.7. The van der Waals surface area contributed by atoms with E-state index in [1.54, 1.807) is 6.20 Å². The first-order chi connectivity index (χ1) is 13.2. The van der Waals surface area contributed by atoms with Crippen molar-refractivity contribution in [1.29, 1.82) is 0 Å². The molecule has 1 amide bonds. The molecule has 134 valence electrons. The van der Waals surface area contributed by atoms with E-state index in [2.05, 4.69) is 10.3 Å². The number of aryl methyl sites for hydroxylation is 1. The van der Waals surface area contributed by atoms with Gasteiger partial charge in [-0.05, 0) is 12.5 Å². The van der Waals surface area contributed by atoms with Gasteiger partial charge in [0.25, 0.3) is 0 Å². The van der Waals surface area contributed by atoms with Gasteiger partial charge in [-0.25, -0.2) is 9.97 Å². The van der Waals surface area contributed by atoms with Crippen LogP contribution in [-0.4, -0.2) is 20.4 Å². The molecule has 0 unspecified atom stereocenters. The molecule has 1 N–H and O–H groups in total. The van der Waals surface area contributed by atoms with E-state index >= 15 is 0 Å². The smallest absolute Gasteiger partial charge is 0.229 e. The number of rotatable bonds is 5. The monoisotopic (exact) mass is 374 g/mol. The van der Waals surface area contributed by atoms with Gasteiger partial charge in [-0.15, -0.1) is 11.3 Å². The molecular formula is C21H18N4OS. The predicted octanol–water partition coefficient (Wildman–Crippen LogP) is 4.49. The Morgan fingerprint density at radius 2 is 1.78 bits per heavy atom. The third-order valence-electron chi connectivity index (χ3n) is 4.17. The second-order valence-corrected chi connectivity index (χ2v) is 6.95. The molecule has 0 aliphatic heterocycles. The molecule has 0 atom stereocenters. The molecular weight excluding hydrogens is 356 g/mol. The van der Waals surface area contributed by atoms with Gasteiger partial charge in [-0.3, -0.25) is 9.36 Å². The van der Waals surface area contributed by atoms with E-state index in [9.17, 15) is 4.79 Å². The maximum atomic E-state index is 12.4. The number of thiazole rings is 1. The molecule has 0 aliphatic rings. The molecule has 4 rings (SSSR count). The molecule has 5 nitrogen and oxygen atoms in total. The second-order valence-electron chi connectivity index (χ2n) is 6.12. The molecule has 2 heterocycles. The summed E-state index contributed by atoms with van der Waals surface area (Å²) in [6, 6.07) is 19.7. The zero-order valence-corrected chi connectivity index (χ0v) is 15.6. The first-order valence-corrected chi connectivity index (χ1v) is 9.48. The molecule has 6 heteroatoms. The molecule has 0 saturated carbocycles. The van der Waals surface area contributed by atoms with Crippen molar-refractivity contribution in [2.75, 3.05) is 5.32 Å². The van der Waals surface area contributed by atoms with Crippen molar-refractivity contribution < 1.29 is 4.79 Å². The summed E-state index contributed by atoms with van der Waals surface area (Å²) in [4.78, 5) is 21.5. The van der Waals surface area contributed by atoms with Crippen LogP contribution in [0.4, 0.5) is 5.82 Å². The molecule has 0 bridgehead atoms. The highest BCUT2D eigenvalue weighted by atomic mass is 32.1. The summed E-state index contributed by atoms with van der Waals surface area (Å²) in [5.74, 6) is 1.32. The highest BCUT2D eigenvalue weighted by Gasteiger charge is 2.15. The van der Waals surface area contributed by atoms with Crippen molar-refractivity contribution in [2.45, 2.75) is 13.3 Å². The Kier molecular flexibility index (Phi) is 4.80. The molecule has 2 aromatic heterocycles. The lowest BCUT2D eigenvalue weighted by Gasteiger charge is -2.08. The number of hydrogen-bond donors (Lipinski definition) is 1. The summed E-state index contributed by atoms with van der Waals surface area (Å²) in [6.45, 7) is 1.90. The fraction of sp³-hybridized carbons (Fsp3) is 0.0952. The number of nitrogens with one attached hydrogen (secondary N) is 1. The number of carbonyl (C=O) groups is 1. The van der Waals surface area contributed by atoms with E-state index in [1.807, 2.05) is 77.5 Å². The average Bonchev–Trinajstić information content (AvgIpc) is 3.30. The van der Waals surface area contributed by atoms with Crippen molar-refractivity contribution in [3.63, 3.8) is 0 Å². The quantitative estimate of drug-likeness (QED) is 0.560. The summed E-state index contributed by atoms with van der Waals surface area (Å²) in [6.07, 6.45) is 1.99. The first kappa shape index (κ1) is 17.2. The Balaban J connectivity index is 1.57. The van der Waals surface area contributed by atoms with Crippen molar-refractivity contribution in [1.82, 2.24) is 14.5 Å². The lowest BCUT2D eigenvalue weighted by atomic mass is 10.1. The molecule has 27 heavy (non-hydrogen) atoms. The van der Waals surface area contributed by atoms with Crippen LogP contribution in [0.3, 0.4) is 0 Å². The van der Waals surface area contributed by atoms with Crippen molar-refractivity contribution in [3.8, 4) is 16.4 Å². The number of aromatic nitrogens is 3. The van der Waals surface area contributed by atoms with Crippen molar-refractivity contribution in [3.05, 3.63) is 83.6 Å². The van der Waals surface area contributed by atoms with Gasteiger partial charge < -0.3 is 5.32 Å². The molecule has 0 radical (unpaired) electrons. The van der Waals surface area contributed by atoms with Crippen LogP contribution in [-0.2, 0) is 11.2 Å². The van der Waals surface area contributed by atoms with E-state index in [0.717, 1.165) is 27.8 Å². The highest BCUT2D eigenvalue weighted by molar-refractivity contribution is 7.12. The Labute approximate surface area is 161 Å². The van der Waals surface area contributed by atoms with Crippen LogP contribution in [0.25, 0.3) is 16.4 Å². The Morgan fingerprint density at radius 3 is 2.52 bits per heavy atom. The van der Waals surface area contributed by atoms with Gasteiger partial charge in [0.1, 0.15) is 11.6 Å². The molecule has 4 aromatic rings. The third kappa shape index (κ3) is 3.80. The average molecular weight is 374 g/mol. The molecule has 0 fully saturated rings. The van der Waals surface area contributed by atoms with E-state index in [0.29, 0.717) is 12.2 Å². The van der Waals surface area contributed by atoms with Gasteiger partial charge in [0, 0.05) is 10.9 Å². The van der Waals surface area contributed by atoms with Gasteiger partial charge in [0.15, 0.2) is 5.13 Å². The molecule has 0 spiro atoms. The third-order valence-corrected chi connectivity index (χ3v) is 4.99. The minimum Gasteiger partial charge on any atom is -0.310 e. The number of benzene rings is 2. The number of anilines is 1. The number of imidazole rings is 1. The van der Waals surface area contributed by atoms with Gasteiger partial charge in [0.2, 0.25) is 5.91 Å². The van der Waals surface area contributed by atoms with Crippen LogP contribution in [0, 0.1) is 6.92 Å². The zero-order chi connectivity index (χ0) is 18.6.